The zero-order valence-corrected chi connectivity index (χ0v) is 10.4. The maximum atomic E-state index is 5.71. The molecule has 0 unspecified atom stereocenters. The third-order valence-corrected chi connectivity index (χ3v) is 3.21. The smallest absolute Gasteiger partial charge is 0.185 e. The van der Waals surface area contributed by atoms with Crippen LogP contribution in [0.25, 0.3) is 0 Å². The van der Waals surface area contributed by atoms with E-state index in [-0.39, 0.29) is 5.41 Å². The Morgan fingerprint density at radius 2 is 1.93 bits per heavy atom. The molecule has 0 saturated carbocycles. The quantitative estimate of drug-likeness (QED) is 0.816. The highest BCUT2D eigenvalue weighted by Gasteiger charge is 2.22. The van der Waals surface area contributed by atoms with Crippen molar-refractivity contribution in [2.75, 3.05) is 19.0 Å². The first-order chi connectivity index (χ1) is 6.36. The highest BCUT2D eigenvalue weighted by Crippen LogP contribution is 2.32. The minimum absolute atomic E-state index is 0.0828. The van der Waals surface area contributed by atoms with Gasteiger partial charge in [0.1, 0.15) is 0 Å². The molecule has 0 atom stereocenters. The molecule has 1 aromatic rings. The van der Waals surface area contributed by atoms with Crippen LogP contribution in [0.1, 0.15) is 31.3 Å². The van der Waals surface area contributed by atoms with Gasteiger partial charge in [-0.1, -0.05) is 20.8 Å². The van der Waals surface area contributed by atoms with E-state index in [4.69, 9.17) is 5.73 Å². The summed E-state index contributed by atoms with van der Waals surface area (Å²) in [5.41, 5.74) is 6.93. The van der Waals surface area contributed by atoms with Crippen molar-refractivity contribution in [3.63, 3.8) is 0 Å². The highest BCUT2D eigenvalue weighted by atomic mass is 32.1. The van der Waals surface area contributed by atoms with E-state index in [9.17, 15) is 0 Å². The van der Waals surface area contributed by atoms with Crippen LogP contribution in [0, 0.1) is 0 Å². The summed E-state index contributed by atoms with van der Waals surface area (Å²) in [7, 11) is 4.01. The van der Waals surface area contributed by atoms with E-state index in [1.54, 1.807) is 11.3 Å². The van der Waals surface area contributed by atoms with Crippen LogP contribution < -0.4 is 10.6 Å². The number of anilines is 1. The minimum Gasteiger partial charge on any atom is -0.354 e. The van der Waals surface area contributed by atoms with Gasteiger partial charge in [0.25, 0.3) is 0 Å². The van der Waals surface area contributed by atoms with Gasteiger partial charge in [-0.2, -0.15) is 0 Å². The molecule has 1 aromatic heterocycles. The van der Waals surface area contributed by atoms with Crippen LogP contribution in [0.3, 0.4) is 0 Å². The van der Waals surface area contributed by atoms with Gasteiger partial charge in [0.15, 0.2) is 5.13 Å². The lowest BCUT2D eigenvalue weighted by Crippen LogP contribution is -2.16. The molecule has 0 aliphatic carbocycles. The van der Waals surface area contributed by atoms with Gasteiger partial charge in [0.2, 0.25) is 0 Å². The van der Waals surface area contributed by atoms with E-state index in [0.29, 0.717) is 6.54 Å². The molecule has 0 saturated heterocycles. The molecular formula is C10H19N3S. The summed E-state index contributed by atoms with van der Waals surface area (Å²) >= 11 is 1.68. The van der Waals surface area contributed by atoms with E-state index in [0.717, 1.165) is 10.8 Å². The number of rotatable bonds is 2. The average Bonchev–Trinajstić information content (AvgIpc) is 2.46. The van der Waals surface area contributed by atoms with Gasteiger partial charge in [-0.15, -0.1) is 11.3 Å². The lowest BCUT2D eigenvalue weighted by molar-refractivity contribution is 0.566. The molecule has 1 heterocycles. The predicted molar refractivity (Wildman–Crippen MR) is 63.0 cm³/mol. The van der Waals surface area contributed by atoms with Crippen molar-refractivity contribution in [1.29, 1.82) is 0 Å². The summed E-state index contributed by atoms with van der Waals surface area (Å²) < 4.78 is 0. The first-order valence-corrected chi connectivity index (χ1v) is 5.55. The lowest BCUT2D eigenvalue weighted by Gasteiger charge is -2.17. The molecule has 0 spiro atoms. The van der Waals surface area contributed by atoms with Crippen LogP contribution in [-0.4, -0.2) is 19.1 Å². The van der Waals surface area contributed by atoms with Crippen molar-refractivity contribution in [2.45, 2.75) is 32.7 Å². The van der Waals surface area contributed by atoms with Crippen LogP contribution in [0.5, 0.6) is 0 Å². The van der Waals surface area contributed by atoms with Crippen LogP contribution in [0.2, 0.25) is 0 Å². The maximum Gasteiger partial charge on any atom is 0.185 e. The molecule has 4 heteroatoms. The zero-order chi connectivity index (χ0) is 10.9. The molecule has 0 bridgehead atoms. The second-order valence-electron chi connectivity index (χ2n) is 4.62. The van der Waals surface area contributed by atoms with Crippen molar-refractivity contribution < 1.29 is 0 Å². The zero-order valence-electron chi connectivity index (χ0n) is 9.59. The van der Waals surface area contributed by atoms with Crippen LogP contribution in [0.4, 0.5) is 5.13 Å². The van der Waals surface area contributed by atoms with Crippen LogP contribution in [0.15, 0.2) is 0 Å². The Morgan fingerprint density at radius 1 is 1.36 bits per heavy atom. The number of hydrogen-bond donors (Lipinski definition) is 1. The summed E-state index contributed by atoms with van der Waals surface area (Å²) in [6.45, 7) is 7.08. The van der Waals surface area contributed by atoms with Gasteiger partial charge in [-0.3, -0.25) is 0 Å². The third-order valence-electron chi connectivity index (χ3n) is 1.96. The highest BCUT2D eigenvalue weighted by molar-refractivity contribution is 7.15. The number of aromatic nitrogens is 1. The van der Waals surface area contributed by atoms with Crippen molar-refractivity contribution in [3.8, 4) is 0 Å². The molecule has 80 valence electrons. The number of thiazole rings is 1. The molecule has 14 heavy (non-hydrogen) atoms. The number of hydrogen-bond acceptors (Lipinski definition) is 4. The number of nitrogens with zero attached hydrogens (tertiary/aromatic N) is 2. The van der Waals surface area contributed by atoms with E-state index in [1.165, 1.54) is 4.88 Å². The van der Waals surface area contributed by atoms with Gasteiger partial charge in [0, 0.05) is 30.9 Å². The standard InChI is InChI=1S/C10H19N3S/c1-10(2,3)8-7(6-11)14-9(12-8)13(4)5/h6,11H2,1-5H3. The summed E-state index contributed by atoms with van der Waals surface area (Å²) in [6.07, 6.45) is 0. The fourth-order valence-corrected chi connectivity index (χ4v) is 2.33. The number of nitrogens with two attached hydrogens (primary N) is 1. The van der Waals surface area contributed by atoms with E-state index in [2.05, 4.69) is 25.8 Å². The van der Waals surface area contributed by atoms with Gasteiger partial charge in [-0.25, -0.2) is 4.98 Å². The van der Waals surface area contributed by atoms with E-state index < -0.39 is 0 Å². The fraction of sp³-hybridized carbons (Fsp3) is 0.700. The topological polar surface area (TPSA) is 42.2 Å². The van der Waals surface area contributed by atoms with Crippen molar-refractivity contribution >= 4 is 16.5 Å². The third kappa shape index (κ3) is 2.25. The van der Waals surface area contributed by atoms with Crippen molar-refractivity contribution in [2.24, 2.45) is 5.73 Å². The summed E-state index contributed by atoms with van der Waals surface area (Å²) in [5, 5.41) is 1.04. The molecule has 0 fully saturated rings. The lowest BCUT2D eigenvalue weighted by atomic mass is 9.91. The van der Waals surface area contributed by atoms with Crippen molar-refractivity contribution in [1.82, 2.24) is 4.98 Å². The molecule has 0 radical (unpaired) electrons. The Labute approximate surface area is 89.9 Å². The average molecular weight is 213 g/mol. The summed E-state index contributed by atoms with van der Waals surface area (Å²) in [6, 6.07) is 0. The predicted octanol–water partition coefficient (Wildman–Crippen LogP) is 1.97. The molecular weight excluding hydrogens is 194 g/mol. The Balaban J connectivity index is 3.16. The molecule has 3 nitrogen and oxygen atoms in total. The van der Waals surface area contributed by atoms with E-state index in [1.807, 2.05) is 19.0 Å². The van der Waals surface area contributed by atoms with Crippen LogP contribution >= 0.6 is 11.3 Å². The monoisotopic (exact) mass is 213 g/mol. The Kier molecular flexibility index (Phi) is 3.17. The van der Waals surface area contributed by atoms with E-state index >= 15 is 0 Å². The second-order valence-corrected chi connectivity index (χ2v) is 5.68. The normalized spacial score (nSPS) is 11.9. The fourth-order valence-electron chi connectivity index (χ4n) is 1.25. The van der Waals surface area contributed by atoms with Gasteiger partial charge in [-0.05, 0) is 0 Å². The Bertz CT molecular complexity index is 310. The minimum atomic E-state index is 0.0828. The first kappa shape index (κ1) is 11.5. The van der Waals surface area contributed by atoms with Gasteiger partial charge >= 0.3 is 0 Å². The molecule has 2 N–H and O–H groups in total. The molecule has 0 amide bonds. The molecule has 0 aliphatic heterocycles. The second kappa shape index (κ2) is 3.87. The summed E-state index contributed by atoms with van der Waals surface area (Å²) in [5.74, 6) is 0. The van der Waals surface area contributed by atoms with Gasteiger partial charge in [0.05, 0.1) is 5.69 Å². The Hall–Kier alpha value is -0.610. The first-order valence-electron chi connectivity index (χ1n) is 4.74. The van der Waals surface area contributed by atoms with Gasteiger partial charge < -0.3 is 10.6 Å². The largest absolute Gasteiger partial charge is 0.354 e. The molecule has 0 aliphatic rings. The Morgan fingerprint density at radius 3 is 2.21 bits per heavy atom. The van der Waals surface area contributed by atoms with Crippen molar-refractivity contribution in [3.05, 3.63) is 10.6 Å². The maximum absolute atomic E-state index is 5.71. The molecule has 0 aromatic carbocycles. The molecule has 1 rings (SSSR count). The summed E-state index contributed by atoms with van der Waals surface area (Å²) in [4.78, 5) is 7.84. The SMILES string of the molecule is CN(C)c1nc(C(C)(C)C)c(CN)s1. The van der Waals surface area contributed by atoms with Crippen LogP contribution in [-0.2, 0) is 12.0 Å².